The van der Waals surface area contributed by atoms with E-state index in [1.165, 1.54) is 18.9 Å². The maximum Gasteiger partial charge on any atom is 0.305 e. The molecule has 1 aliphatic heterocycles. The SMILES string of the molecule is COC(=O)CCCCCN1C(=O)/C(=C/c2ccc(OCc3c(Cl)cccc3Cl)cc2)SC1=S. The monoisotopic (exact) mass is 523 g/mol. The first-order valence-corrected chi connectivity index (χ1v) is 12.3. The molecule has 2 aromatic rings. The number of carbonyl (C=O) groups is 2. The highest BCUT2D eigenvalue weighted by Gasteiger charge is 2.31. The minimum absolute atomic E-state index is 0.0911. The molecule has 33 heavy (non-hydrogen) atoms. The Morgan fingerprint density at radius 1 is 1.09 bits per heavy atom. The molecule has 1 heterocycles. The number of esters is 1. The van der Waals surface area contributed by atoms with Gasteiger partial charge in [0.2, 0.25) is 0 Å². The Labute approximate surface area is 213 Å². The fourth-order valence-corrected chi connectivity index (χ4v) is 4.96. The zero-order valence-electron chi connectivity index (χ0n) is 18.0. The van der Waals surface area contributed by atoms with Gasteiger partial charge in [0.15, 0.2) is 0 Å². The fraction of sp³-hybridized carbons (Fsp3) is 0.292. The van der Waals surface area contributed by atoms with E-state index < -0.39 is 0 Å². The second-order valence-electron chi connectivity index (χ2n) is 7.28. The Bertz CT molecular complexity index is 1040. The summed E-state index contributed by atoms with van der Waals surface area (Å²) in [5.41, 5.74) is 1.61. The molecule has 1 fully saturated rings. The van der Waals surface area contributed by atoms with Crippen molar-refractivity contribution in [3.63, 3.8) is 0 Å². The minimum atomic E-state index is -0.215. The summed E-state index contributed by atoms with van der Waals surface area (Å²) >= 11 is 19.0. The first-order chi connectivity index (χ1) is 15.9. The van der Waals surface area contributed by atoms with Crippen molar-refractivity contribution >= 4 is 69.5 Å². The number of amides is 1. The van der Waals surface area contributed by atoms with Crippen LogP contribution in [-0.4, -0.2) is 34.8 Å². The van der Waals surface area contributed by atoms with E-state index in [0.29, 0.717) is 38.0 Å². The number of ether oxygens (including phenoxy) is 2. The van der Waals surface area contributed by atoms with Gasteiger partial charge in [-0.1, -0.05) is 71.8 Å². The van der Waals surface area contributed by atoms with E-state index >= 15 is 0 Å². The lowest BCUT2D eigenvalue weighted by molar-refractivity contribution is -0.140. The summed E-state index contributed by atoms with van der Waals surface area (Å²) < 4.78 is 11.0. The molecule has 0 saturated carbocycles. The molecule has 174 valence electrons. The summed E-state index contributed by atoms with van der Waals surface area (Å²) in [6, 6.07) is 12.8. The average molecular weight is 524 g/mol. The maximum atomic E-state index is 12.8. The zero-order chi connectivity index (χ0) is 23.8. The summed E-state index contributed by atoms with van der Waals surface area (Å²) in [6.45, 7) is 0.802. The number of nitrogens with zero attached hydrogens (tertiary/aromatic N) is 1. The number of rotatable bonds is 10. The van der Waals surface area contributed by atoms with Gasteiger partial charge in [-0.15, -0.1) is 0 Å². The molecule has 0 unspecified atom stereocenters. The molecule has 9 heteroatoms. The number of halogens is 2. The van der Waals surface area contributed by atoms with Gasteiger partial charge in [-0.3, -0.25) is 14.5 Å². The van der Waals surface area contributed by atoms with Crippen molar-refractivity contribution in [1.82, 2.24) is 4.90 Å². The van der Waals surface area contributed by atoms with Crippen LogP contribution in [0, 0.1) is 0 Å². The standard InChI is InChI=1S/C24H23Cl2NO4S2/c1-30-22(28)8-3-2-4-13-27-23(29)21(33-24(27)32)14-16-9-11-17(12-10-16)31-15-18-19(25)6-5-7-20(18)26/h5-7,9-12,14H,2-4,8,13,15H2,1H3/b21-14-. The lowest BCUT2D eigenvalue weighted by Gasteiger charge is -2.13. The maximum absolute atomic E-state index is 12.8. The highest BCUT2D eigenvalue weighted by molar-refractivity contribution is 8.26. The van der Waals surface area contributed by atoms with Crippen LogP contribution in [0.2, 0.25) is 10.0 Å². The van der Waals surface area contributed by atoms with E-state index in [4.69, 9.17) is 40.2 Å². The van der Waals surface area contributed by atoms with Gasteiger partial charge in [0.05, 0.1) is 12.0 Å². The number of carbonyl (C=O) groups excluding carboxylic acids is 2. The van der Waals surface area contributed by atoms with Crippen molar-refractivity contribution in [3.05, 3.63) is 68.5 Å². The summed E-state index contributed by atoms with van der Waals surface area (Å²) in [5.74, 6) is 0.363. The topological polar surface area (TPSA) is 55.8 Å². The molecule has 0 bridgehead atoms. The molecular formula is C24H23Cl2NO4S2. The van der Waals surface area contributed by atoms with E-state index in [1.54, 1.807) is 23.1 Å². The van der Waals surface area contributed by atoms with Crippen LogP contribution < -0.4 is 4.74 Å². The van der Waals surface area contributed by atoms with E-state index in [0.717, 1.165) is 30.4 Å². The van der Waals surface area contributed by atoms with Crippen LogP contribution in [0.15, 0.2) is 47.4 Å². The van der Waals surface area contributed by atoms with Crippen molar-refractivity contribution in [2.75, 3.05) is 13.7 Å². The second kappa shape index (κ2) is 12.4. The first-order valence-electron chi connectivity index (χ1n) is 10.4. The number of thioether (sulfide) groups is 1. The lowest BCUT2D eigenvalue weighted by atomic mass is 10.2. The molecule has 0 radical (unpaired) electrons. The van der Waals surface area contributed by atoms with E-state index in [9.17, 15) is 9.59 Å². The predicted octanol–water partition coefficient (Wildman–Crippen LogP) is 6.51. The van der Waals surface area contributed by atoms with Crippen LogP contribution in [0.4, 0.5) is 0 Å². The molecular weight excluding hydrogens is 501 g/mol. The number of methoxy groups -OCH3 is 1. The molecule has 3 rings (SSSR count). The van der Waals surface area contributed by atoms with E-state index in [1.807, 2.05) is 30.3 Å². The largest absolute Gasteiger partial charge is 0.489 e. The van der Waals surface area contributed by atoms with Gasteiger partial charge in [0.1, 0.15) is 16.7 Å². The molecule has 0 N–H and O–H groups in total. The lowest BCUT2D eigenvalue weighted by Crippen LogP contribution is -2.29. The average Bonchev–Trinajstić information content (AvgIpc) is 3.06. The Balaban J connectivity index is 1.53. The van der Waals surface area contributed by atoms with Crippen molar-refractivity contribution < 1.29 is 19.1 Å². The van der Waals surface area contributed by atoms with Crippen LogP contribution in [0.1, 0.15) is 36.8 Å². The Kier molecular flexibility index (Phi) is 9.62. The highest BCUT2D eigenvalue weighted by Crippen LogP contribution is 2.33. The molecule has 0 aliphatic carbocycles. The van der Waals surface area contributed by atoms with Crippen LogP contribution >= 0.6 is 47.2 Å². The normalized spacial score (nSPS) is 14.8. The molecule has 1 aliphatic rings. The van der Waals surface area contributed by atoms with E-state index in [2.05, 4.69) is 4.74 Å². The first kappa shape index (κ1) is 25.6. The fourth-order valence-electron chi connectivity index (χ4n) is 3.15. The van der Waals surface area contributed by atoms with Gasteiger partial charge >= 0.3 is 5.97 Å². The minimum Gasteiger partial charge on any atom is -0.489 e. The Hall–Kier alpha value is -2.06. The van der Waals surface area contributed by atoms with Crippen molar-refractivity contribution in [1.29, 1.82) is 0 Å². The molecule has 0 atom stereocenters. The number of thiocarbonyl (C=S) groups is 1. The van der Waals surface area contributed by atoms with Crippen LogP contribution in [0.25, 0.3) is 6.08 Å². The van der Waals surface area contributed by atoms with Gasteiger partial charge in [-0.25, -0.2) is 0 Å². The van der Waals surface area contributed by atoms with Gasteiger partial charge in [0.25, 0.3) is 5.91 Å². The Morgan fingerprint density at radius 2 is 1.79 bits per heavy atom. The summed E-state index contributed by atoms with van der Waals surface area (Å²) in [6.07, 6.45) is 4.55. The van der Waals surface area contributed by atoms with Crippen molar-refractivity contribution in [2.24, 2.45) is 0 Å². The zero-order valence-corrected chi connectivity index (χ0v) is 21.2. The van der Waals surface area contributed by atoms with Crippen molar-refractivity contribution in [2.45, 2.75) is 32.3 Å². The number of unbranched alkanes of at least 4 members (excludes halogenated alkanes) is 2. The predicted molar refractivity (Wildman–Crippen MR) is 138 cm³/mol. The third-order valence-corrected chi connectivity index (χ3v) is 7.07. The Morgan fingerprint density at radius 3 is 2.45 bits per heavy atom. The molecule has 0 spiro atoms. The molecule has 1 amide bonds. The summed E-state index contributed by atoms with van der Waals surface area (Å²) in [4.78, 5) is 26.1. The van der Waals surface area contributed by atoms with Gasteiger partial charge in [0, 0.05) is 28.6 Å². The summed E-state index contributed by atoms with van der Waals surface area (Å²) in [7, 11) is 1.38. The smallest absolute Gasteiger partial charge is 0.305 e. The number of hydrogen-bond donors (Lipinski definition) is 0. The van der Waals surface area contributed by atoms with Gasteiger partial charge in [-0.05, 0) is 48.7 Å². The third kappa shape index (κ3) is 7.21. The highest BCUT2D eigenvalue weighted by atomic mass is 35.5. The van der Waals surface area contributed by atoms with Crippen molar-refractivity contribution in [3.8, 4) is 5.75 Å². The number of hydrogen-bond acceptors (Lipinski definition) is 6. The van der Waals surface area contributed by atoms with Gasteiger partial charge in [-0.2, -0.15) is 0 Å². The second-order valence-corrected chi connectivity index (χ2v) is 9.77. The van der Waals surface area contributed by atoms with Crippen LogP contribution in [0.3, 0.4) is 0 Å². The molecule has 5 nitrogen and oxygen atoms in total. The third-order valence-electron chi connectivity index (χ3n) is 4.99. The van der Waals surface area contributed by atoms with Crippen LogP contribution in [-0.2, 0) is 20.9 Å². The summed E-state index contributed by atoms with van der Waals surface area (Å²) in [5, 5.41) is 1.12. The number of benzene rings is 2. The van der Waals surface area contributed by atoms with E-state index in [-0.39, 0.29) is 18.5 Å². The quantitative estimate of drug-likeness (QED) is 0.153. The molecule has 0 aromatic heterocycles. The van der Waals surface area contributed by atoms with Gasteiger partial charge < -0.3 is 9.47 Å². The molecule has 1 saturated heterocycles. The van der Waals surface area contributed by atoms with Crippen LogP contribution in [0.5, 0.6) is 5.75 Å². The molecule has 2 aromatic carbocycles.